The average Bonchev–Trinajstić information content (AvgIpc) is 3.16. The molecule has 6 heteroatoms. The molecule has 2 aromatic carbocycles. The number of carbonyl (C=O) groups excluding carboxylic acids is 1. The van der Waals surface area contributed by atoms with Crippen LogP contribution in [-0.2, 0) is 6.42 Å². The number of hydrogen-bond acceptors (Lipinski definition) is 5. The van der Waals surface area contributed by atoms with Gasteiger partial charge in [0.25, 0.3) is 0 Å². The monoisotopic (exact) mass is 379 g/mol. The van der Waals surface area contributed by atoms with E-state index in [1.807, 2.05) is 6.07 Å². The first-order valence-electron chi connectivity index (χ1n) is 9.30. The number of quaternary nitrogens is 1. The van der Waals surface area contributed by atoms with Crippen molar-refractivity contribution in [2.24, 2.45) is 0 Å². The molecule has 28 heavy (non-hydrogen) atoms. The van der Waals surface area contributed by atoms with Crippen molar-refractivity contribution in [1.29, 1.82) is 5.26 Å². The minimum absolute atomic E-state index is 0.0493. The highest BCUT2D eigenvalue weighted by Crippen LogP contribution is 2.51. The van der Waals surface area contributed by atoms with E-state index in [9.17, 15) is 4.79 Å². The van der Waals surface area contributed by atoms with Crippen molar-refractivity contribution in [1.82, 2.24) is 0 Å². The molecule has 0 bridgehead atoms. The van der Waals surface area contributed by atoms with E-state index in [4.69, 9.17) is 19.5 Å². The number of rotatable bonds is 4. The standard InChI is InChI=1S/C22H23N2O4/c1-24(2)9-8-16-10-19-21(28-13-27-19)22(26-3)20(16)17(24)11-18(25)15-6-4-14(12-23)5-7-15/h4-7,10,17H,8-9,11,13H2,1-3H3/q+1. The summed E-state index contributed by atoms with van der Waals surface area (Å²) in [7, 11) is 5.92. The first-order valence-corrected chi connectivity index (χ1v) is 9.30. The molecule has 1 unspecified atom stereocenters. The molecule has 0 aromatic heterocycles. The number of likely N-dealkylation sites (N-methyl/N-ethyl adjacent to an activating group) is 1. The van der Waals surface area contributed by atoms with Crippen molar-refractivity contribution in [2.45, 2.75) is 18.9 Å². The Morgan fingerprint density at radius 2 is 2.04 bits per heavy atom. The number of nitrogens with zero attached hydrogens (tertiary/aromatic N) is 2. The molecular formula is C22H23N2O4+. The van der Waals surface area contributed by atoms with Crippen LogP contribution >= 0.6 is 0 Å². The Bertz CT molecular complexity index is 974. The lowest BCUT2D eigenvalue weighted by Gasteiger charge is -2.43. The fourth-order valence-corrected chi connectivity index (χ4v) is 4.14. The van der Waals surface area contributed by atoms with Gasteiger partial charge in [0.1, 0.15) is 6.04 Å². The van der Waals surface area contributed by atoms with E-state index in [2.05, 4.69) is 20.2 Å². The van der Waals surface area contributed by atoms with Crippen molar-refractivity contribution < 1.29 is 23.5 Å². The summed E-state index contributed by atoms with van der Waals surface area (Å²) in [5.41, 5.74) is 3.34. The Morgan fingerprint density at radius 3 is 2.71 bits per heavy atom. The molecule has 1 atom stereocenters. The third kappa shape index (κ3) is 2.98. The Labute approximate surface area is 164 Å². The fourth-order valence-electron chi connectivity index (χ4n) is 4.14. The minimum Gasteiger partial charge on any atom is -0.492 e. The topological polar surface area (TPSA) is 68.6 Å². The van der Waals surface area contributed by atoms with E-state index in [0.29, 0.717) is 39.3 Å². The van der Waals surface area contributed by atoms with E-state index in [0.717, 1.165) is 24.1 Å². The van der Waals surface area contributed by atoms with Gasteiger partial charge in [0.2, 0.25) is 12.5 Å². The van der Waals surface area contributed by atoms with Gasteiger partial charge in [0.05, 0.1) is 51.4 Å². The summed E-state index contributed by atoms with van der Waals surface area (Å²) in [6.45, 7) is 1.10. The van der Waals surface area contributed by atoms with E-state index in [1.54, 1.807) is 31.4 Å². The number of Topliss-reactive ketones (excluding diaryl/α,β-unsaturated/α-hetero) is 1. The molecule has 0 saturated carbocycles. The van der Waals surface area contributed by atoms with Gasteiger partial charge < -0.3 is 18.7 Å². The summed E-state index contributed by atoms with van der Waals surface area (Å²) in [5.74, 6) is 2.06. The molecule has 2 aromatic rings. The molecule has 0 radical (unpaired) electrons. The second kappa shape index (κ2) is 6.84. The Hall–Kier alpha value is -3.04. The molecule has 0 aliphatic carbocycles. The van der Waals surface area contributed by atoms with Gasteiger partial charge in [-0.15, -0.1) is 0 Å². The van der Waals surface area contributed by atoms with Crippen LogP contribution in [0.2, 0.25) is 0 Å². The molecule has 0 N–H and O–H groups in total. The predicted molar refractivity (Wildman–Crippen MR) is 103 cm³/mol. The molecule has 0 spiro atoms. The summed E-state index contributed by atoms with van der Waals surface area (Å²) in [5, 5.41) is 8.97. The number of fused-ring (bicyclic) bond motifs is 2. The highest BCUT2D eigenvalue weighted by Gasteiger charge is 2.42. The number of ketones is 1. The van der Waals surface area contributed by atoms with Crippen LogP contribution in [0.5, 0.6) is 17.2 Å². The smallest absolute Gasteiger partial charge is 0.231 e. The highest BCUT2D eigenvalue weighted by atomic mass is 16.7. The van der Waals surface area contributed by atoms with Gasteiger partial charge in [-0.3, -0.25) is 4.79 Å². The van der Waals surface area contributed by atoms with E-state index >= 15 is 0 Å². The van der Waals surface area contributed by atoms with Crippen molar-refractivity contribution in [2.75, 3.05) is 34.5 Å². The zero-order valence-electron chi connectivity index (χ0n) is 16.3. The normalized spacial score (nSPS) is 18.9. The fraction of sp³-hybridized carbons (Fsp3) is 0.364. The first kappa shape index (κ1) is 18.3. The molecule has 2 aliphatic heterocycles. The van der Waals surface area contributed by atoms with Crippen LogP contribution < -0.4 is 14.2 Å². The summed E-state index contributed by atoms with van der Waals surface area (Å²) in [6.07, 6.45) is 1.23. The van der Waals surface area contributed by atoms with E-state index in [1.165, 1.54) is 0 Å². The highest BCUT2D eigenvalue weighted by molar-refractivity contribution is 5.96. The van der Waals surface area contributed by atoms with Crippen LogP contribution in [0.1, 0.15) is 39.5 Å². The van der Waals surface area contributed by atoms with Gasteiger partial charge in [0.15, 0.2) is 17.3 Å². The van der Waals surface area contributed by atoms with Crippen LogP contribution in [0.4, 0.5) is 0 Å². The van der Waals surface area contributed by atoms with Crippen LogP contribution in [0.25, 0.3) is 0 Å². The number of nitriles is 1. The number of benzene rings is 2. The van der Waals surface area contributed by atoms with Gasteiger partial charge in [-0.2, -0.15) is 5.26 Å². The minimum atomic E-state index is -0.0589. The second-order valence-electron chi connectivity index (χ2n) is 7.80. The molecule has 2 heterocycles. The quantitative estimate of drug-likeness (QED) is 0.603. The Morgan fingerprint density at radius 1 is 1.29 bits per heavy atom. The maximum atomic E-state index is 13.1. The zero-order chi connectivity index (χ0) is 19.9. The summed E-state index contributed by atoms with van der Waals surface area (Å²) in [4.78, 5) is 13.1. The van der Waals surface area contributed by atoms with Crippen molar-refractivity contribution in [3.8, 4) is 23.3 Å². The van der Waals surface area contributed by atoms with Crippen molar-refractivity contribution >= 4 is 5.78 Å². The lowest BCUT2D eigenvalue weighted by atomic mass is 9.86. The number of ether oxygens (including phenoxy) is 3. The molecule has 6 nitrogen and oxygen atoms in total. The number of carbonyl (C=O) groups is 1. The van der Waals surface area contributed by atoms with Crippen LogP contribution in [-0.4, -0.2) is 44.8 Å². The van der Waals surface area contributed by atoms with Gasteiger partial charge in [-0.1, -0.05) is 12.1 Å². The molecule has 4 rings (SSSR count). The maximum Gasteiger partial charge on any atom is 0.231 e. The lowest BCUT2D eigenvalue weighted by Crippen LogP contribution is -2.48. The molecule has 0 fully saturated rings. The van der Waals surface area contributed by atoms with Crippen LogP contribution in [0.15, 0.2) is 30.3 Å². The van der Waals surface area contributed by atoms with Gasteiger partial charge >= 0.3 is 0 Å². The molecule has 0 amide bonds. The molecule has 0 saturated heterocycles. The number of hydrogen-bond donors (Lipinski definition) is 0. The second-order valence-corrected chi connectivity index (χ2v) is 7.80. The molecule has 144 valence electrons. The zero-order valence-corrected chi connectivity index (χ0v) is 16.3. The third-order valence-electron chi connectivity index (χ3n) is 5.80. The van der Waals surface area contributed by atoms with Gasteiger partial charge in [-0.05, 0) is 23.8 Å². The van der Waals surface area contributed by atoms with E-state index < -0.39 is 0 Å². The van der Waals surface area contributed by atoms with Crippen LogP contribution in [0.3, 0.4) is 0 Å². The van der Waals surface area contributed by atoms with E-state index in [-0.39, 0.29) is 18.6 Å². The van der Waals surface area contributed by atoms with Crippen molar-refractivity contribution in [3.63, 3.8) is 0 Å². The Balaban J connectivity index is 1.74. The molecule has 2 aliphatic rings. The average molecular weight is 379 g/mol. The summed E-state index contributed by atoms with van der Waals surface area (Å²) in [6, 6.07) is 10.9. The maximum absolute atomic E-state index is 13.1. The molecular weight excluding hydrogens is 356 g/mol. The lowest BCUT2D eigenvalue weighted by molar-refractivity contribution is -0.922. The Kier molecular flexibility index (Phi) is 4.48. The first-order chi connectivity index (χ1) is 13.4. The van der Waals surface area contributed by atoms with Gasteiger partial charge in [-0.25, -0.2) is 0 Å². The largest absolute Gasteiger partial charge is 0.492 e. The summed E-state index contributed by atoms with van der Waals surface area (Å²) >= 11 is 0. The SMILES string of the molecule is COc1c2c(cc3c1C(CC(=O)c1ccc(C#N)cc1)[N+](C)(C)CC3)OCO2. The third-order valence-corrected chi connectivity index (χ3v) is 5.80. The predicted octanol–water partition coefficient (Wildman–Crippen LogP) is 3.24. The number of methoxy groups -OCH3 is 1. The van der Waals surface area contributed by atoms with Crippen LogP contribution in [0, 0.1) is 11.3 Å². The summed E-state index contributed by atoms with van der Waals surface area (Å²) < 4.78 is 17.6. The van der Waals surface area contributed by atoms with Gasteiger partial charge in [0, 0.05) is 12.0 Å². The van der Waals surface area contributed by atoms with Crippen molar-refractivity contribution in [3.05, 3.63) is 52.6 Å².